The third-order valence-electron chi connectivity index (χ3n) is 5.41. The van der Waals surface area contributed by atoms with E-state index in [1.165, 1.54) is 10.6 Å². The Morgan fingerprint density at radius 1 is 1.14 bits per heavy atom. The molecule has 1 atom stereocenters. The van der Waals surface area contributed by atoms with Crippen molar-refractivity contribution < 1.29 is 23.9 Å². The van der Waals surface area contributed by atoms with Crippen molar-refractivity contribution >= 4 is 11.6 Å². The number of fused-ring (bicyclic) bond motifs is 1. The molecule has 0 aromatic heterocycles. The molecule has 4 rings (SSSR count). The number of nitrogens with one attached hydrogen (secondary N) is 2. The van der Waals surface area contributed by atoms with Crippen LogP contribution in [0.3, 0.4) is 0 Å². The predicted octanol–water partition coefficient (Wildman–Crippen LogP) is 0.356. The van der Waals surface area contributed by atoms with Gasteiger partial charge in [-0.05, 0) is 36.4 Å². The number of methoxy groups -OCH3 is 1. The van der Waals surface area contributed by atoms with Crippen LogP contribution in [-0.4, -0.2) is 65.0 Å². The summed E-state index contributed by atoms with van der Waals surface area (Å²) in [7, 11) is 1.68. The molecular formula is C22H28N3O4+. The number of piperazine rings is 1. The highest BCUT2D eigenvalue weighted by molar-refractivity contribution is 5.76. The van der Waals surface area contributed by atoms with Gasteiger partial charge in [-0.1, -0.05) is 12.1 Å². The van der Waals surface area contributed by atoms with Gasteiger partial charge in [0.05, 0.1) is 39.8 Å². The molecule has 2 aromatic rings. The minimum Gasteiger partial charge on any atom is -0.497 e. The third-order valence-corrected chi connectivity index (χ3v) is 5.41. The highest BCUT2D eigenvalue weighted by Gasteiger charge is 2.24. The summed E-state index contributed by atoms with van der Waals surface area (Å²) in [6, 6.07) is 15.7. The molecule has 7 heteroatoms. The molecule has 29 heavy (non-hydrogen) atoms. The molecule has 1 fully saturated rings. The Labute approximate surface area is 171 Å². The number of hydrogen-bond acceptors (Lipinski definition) is 5. The predicted molar refractivity (Wildman–Crippen MR) is 110 cm³/mol. The molecule has 2 aromatic carbocycles. The first-order chi connectivity index (χ1) is 14.2. The molecule has 2 N–H and O–H groups in total. The highest BCUT2D eigenvalue weighted by Crippen LogP contribution is 2.30. The lowest BCUT2D eigenvalue weighted by Gasteiger charge is -2.33. The van der Waals surface area contributed by atoms with Gasteiger partial charge in [-0.15, -0.1) is 0 Å². The maximum atomic E-state index is 12.4. The van der Waals surface area contributed by atoms with Crippen molar-refractivity contribution in [3.05, 3.63) is 48.5 Å². The zero-order valence-corrected chi connectivity index (χ0v) is 16.7. The van der Waals surface area contributed by atoms with Crippen molar-refractivity contribution in [2.75, 3.05) is 57.9 Å². The summed E-state index contributed by atoms with van der Waals surface area (Å²) in [6.45, 7) is 5.14. The van der Waals surface area contributed by atoms with Gasteiger partial charge in [0.25, 0.3) is 5.91 Å². The van der Waals surface area contributed by atoms with Gasteiger partial charge < -0.3 is 29.3 Å². The van der Waals surface area contributed by atoms with Crippen LogP contribution in [0, 0.1) is 0 Å². The van der Waals surface area contributed by atoms with E-state index >= 15 is 0 Å². The van der Waals surface area contributed by atoms with Crippen molar-refractivity contribution in [1.82, 2.24) is 5.32 Å². The smallest absolute Gasteiger partial charge is 0.275 e. The standard InChI is InChI=1S/C22H27N3O4/c1-27-18-8-6-17(7-9-18)25-12-10-24(11-13-25)15-22(26)23-14-19-16-28-20-4-2-3-5-21(20)29-19/h2-9,19H,10-16H2,1H3,(H,23,26)/p+1/t19-/m0/s1. The van der Waals surface area contributed by atoms with Crippen LogP contribution in [0.1, 0.15) is 0 Å². The molecule has 0 bridgehead atoms. The molecule has 2 heterocycles. The van der Waals surface area contributed by atoms with Crippen LogP contribution in [0.2, 0.25) is 0 Å². The van der Waals surface area contributed by atoms with E-state index in [4.69, 9.17) is 14.2 Å². The summed E-state index contributed by atoms with van der Waals surface area (Å²) in [4.78, 5) is 16.0. The topological polar surface area (TPSA) is 64.5 Å². The number of amides is 1. The lowest BCUT2D eigenvalue weighted by molar-refractivity contribution is -0.892. The number of carbonyl (C=O) groups excluding carboxylic acids is 1. The van der Waals surface area contributed by atoms with Crippen molar-refractivity contribution in [3.63, 3.8) is 0 Å². The monoisotopic (exact) mass is 398 g/mol. The van der Waals surface area contributed by atoms with Crippen molar-refractivity contribution in [2.24, 2.45) is 0 Å². The van der Waals surface area contributed by atoms with Gasteiger partial charge in [0.2, 0.25) is 0 Å². The summed E-state index contributed by atoms with van der Waals surface area (Å²) in [6.07, 6.45) is -0.157. The minimum absolute atomic E-state index is 0.0559. The largest absolute Gasteiger partial charge is 0.497 e. The Hall–Kier alpha value is -2.93. The van der Waals surface area contributed by atoms with E-state index in [1.807, 2.05) is 36.4 Å². The number of quaternary nitrogens is 1. The number of hydrogen-bond donors (Lipinski definition) is 2. The van der Waals surface area contributed by atoms with Crippen LogP contribution >= 0.6 is 0 Å². The maximum absolute atomic E-state index is 12.4. The molecular weight excluding hydrogens is 370 g/mol. The molecule has 2 aliphatic heterocycles. The van der Waals surface area contributed by atoms with E-state index in [9.17, 15) is 4.79 Å². The molecule has 7 nitrogen and oxygen atoms in total. The number of anilines is 1. The van der Waals surface area contributed by atoms with Crippen LogP contribution in [0.5, 0.6) is 17.2 Å². The Balaban J connectivity index is 1.18. The molecule has 1 amide bonds. The number of nitrogens with zero attached hydrogens (tertiary/aromatic N) is 1. The Kier molecular flexibility index (Phi) is 6.05. The van der Waals surface area contributed by atoms with E-state index in [0.717, 1.165) is 43.4 Å². The van der Waals surface area contributed by atoms with Gasteiger partial charge in [-0.25, -0.2) is 0 Å². The number of ether oxygens (including phenoxy) is 3. The number of benzene rings is 2. The first-order valence-electron chi connectivity index (χ1n) is 10.1. The molecule has 2 aliphatic rings. The van der Waals surface area contributed by atoms with Gasteiger partial charge in [-0.3, -0.25) is 4.79 Å². The first-order valence-corrected chi connectivity index (χ1v) is 10.1. The zero-order chi connectivity index (χ0) is 20.1. The fourth-order valence-electron chi connectivity index (χ4n) is 3.73. The minimum atomic E-state index is -0.157. The third kappa shape index (κ3) is 4.92. The normalized spacial score (nSPS) is 18.9. The van der Waals surface area contributed by atoms with E-state index in [1.54, 1.807) is 7.11 Å². The first kappa shape index (κ1) is 19.4. The van der Waals surface area contributed by atoms with E-state index < -0.39 is 0 Å². The number of rotatable bonds is 6. The van der Waals surface area contributed by atoms with Crippen LogP contribution in [0.25, 0.3) is 0 Å². The molecule has 0 unspecified atom stereocenters. The average molecular weight is 398 g/mol. The summed E-state index contributed by atoms with van der Waals surface area (Å²) in [5.41, 5.74) is 1.20. The average Bonchev–Trinajstić information content (AvgIpc) is 2.78. The molecule has 0 saturated carbocycles. The summed E-state index contributed by atoms with van der Waals surface area (Å²) in [5.74, 6) is 2.42. The van der Waals surface area contributed by atoms with Gasteiger partial charge in [0.15, 0.2) is 18.0 Å². The SMILES string of the molecule is COc1ccc(N2CC[NH+](CC(=O)NC[C@H]3COc4ccccc4O3)CC2)cc1. The molecule has 0 spiro atoms. The highest BCUT2D eigenvalue weighted by atomic mass is 16.6. The Bertz CT molecular complexity index is 819. The second-order valence-electron chi connectivity index (χ2n) is 7.41. The fraction of sp³-hybridized carbons (Fsp3) is 0.409. The van der Waals surface area contributed by atoms with E-state index in [-0.39, 0.29) is 12.0 Å². The van der Waals surface area contributed by atoms with Crippen LogP contribution in [0.4, 0.5) is 5.69 Å². The summed E-state index contributed by atoms with van der Waals surface area (Å²) in [5, 5.41) is 2.99. The Morgan fingerprint density at radius 3 is 2.59 bits per heavy atom. The fourth-order valence-corrected chi connectivity index (χ4v) is 3.73. The van der Waals surface area contributed by atoms with Crippen LogP contribution < -0.4 is 29.3 Å². The quantitative estimate of drug-likeness (QED) is 0.736. The Morgan fingerprint density at radius 2 is 1.86 bits per heavy atom. The second kappa shape index (κ2) is 9.05. The van der Waals surface area contributed by atoms with Gasteiger partial charge in [0.1, 0.15) is 18.5 Å². The molecule has 1 saturated heterocycles. The summed E-state index contributed by atoms with van der Waals surface area (Å²) >= 11 is 0. The lowest BCUT2D eigenvalue weighted by Crippen LogP contribution is -3.16. The van der Waals surface area contributed by atoms with Gasteiger partial charge in [0, 0.05) is 5.69 Å². The number of para-hydroxylation sites is 2. The van der Waals surface area contributed by atoms with Crippen molar-refractivity contribution in [2.45, 2.75) is 6.10 Å². The maximum Gasteiger partial charge on any atom is 0.275 e. The molecule has 154 valence electrons. The molecule has 0 radical (unpaired) electrons. The van der Waals surface area contributed by atoms with Crippen molar-refractivity contribution in [1.29, 1.82) is 0 Å². The lowest BCUT2D eigenvalue weighted by atomic mass is 10.2. The van der Waals surface area contributed by atoms with Crippen LogP contribution in [0.15, 0.2) is 48.5 Å². The van der Waals surface area contributed by atoms with E-state index in [2.05, 4.69) is 22.3 Å². The van der Waals surface area contributed by atoms with E-state index in [0.29, 0.717) is 19.7 Å². The van der Waals surface area contributed by atoms with Crippen LogP contribution in [-0.2, 0) is 4.79 Å². The molecule has 0 aliphatic carbocycles. The number of carbonyl (C=O) groups is 1. The van der Waals surface area contributed by atoms with Gasteiger partial charge in [-0.2, -0.15) is 0 Å². The zero-order valence-electron chi connectivity index (χ0n) is 16.7. The van der Waals surface area contributed by atoms with Gasteiger partial charge >= 0.3 is 0 Å². The van der Waals surface area contributed by atoms with Crippen molar-refractivity contribution in [3.8, 4) is 17.2 Å². The summed E-state index contributed by atoms with van der Waals surface area (Å²) < 4.78 is 16.8. The second-order valence-corrected chi connectivity index (χ2v) is 7.41.